The minimum Gasteiger partial charge on any atom is -0.360 e. The van der Waals surface area contributed by atoms with Gasteiger partial charge < -0.3 is 14.7 Å². The molecule has 2 aromatic heterocycles. The molecule has 3 heterocycles. The number of amides is 2. The first-order chi connectivity index (χ1) is 15.8. The van der Waals surface area contributed by atoms with Crippen molar-refractivity contribution in [2.24, 2.45) is 5.92 Å². The van der Waals surface area contributed by atoms with Crippen molar-refractivity contribution in [2.45, 2.75) is 59.0 Å². The van der Waals surface area contributed by atoms with Gasteiger partial charge in [-0.05, 0) is 43.7 Å². The Morgan fingerprint density at radius 1 is 1.24 bits per heavy atom. The van der Waals surface area contributed by atoms with Crippen LogP contribution < -0.4 is 5.32 Å². The van der Waals surface area contributed by atoms with Gasteiger partial charge in [-0.15, -0.1) is 11.3 Å². The molecule has 2 amide bonds. The molecule has 1 unspecified atom stereocenters. The normalized spacial score (nSPS) is 16.9. The summed E-state index contributed by atoms with van der Waals surface area (Å²) in [6.07, 6.45) is 1.48. The Balaban J connectivity index is 1.40. The molecule has 1 aliphatic heterocycles. The highest BCUT2D eigenvalue weighted by Crippen LogP contribution is 2.31. The van der Waals surface area contributed by atoms with E-state index in [4.69, 9.17) is 4.52 Å². The predicted octanol–water partition coefficient (Wildman–Crippen LogP) is 4.46. The lowest BCUT2D eigenvalue weighted by atomic mass is 9.91. The highest BCUT2D eigenvalue weighted by atomic mass is 32.1. The van der Waals surface area contributed by atoms with Gasteiger partial charge in [-0.1, -0.05) is 43.3 Å². The number of nitrogens with one attached hydrogen (secondary N) is 1. The van der Waals surface area contributed by atoms with Crippen LogP contribution in [0.25, 0.3) is 10.4 Å². The van der Waals surface area contributed by atoms with E-state index in [1.165, 1.54) is 0 Å². The summed E-state index contributed by atoms with van der Waals surface area (Å²) in [7, 11) is 0. The van der Waals surface area contributed by atoms with Gasteiger partial charge in [0.25, 0.3) is 0 Å². The summed E-state index contributed by atoms with van der Waals surface area (Å²) in [6, 6.07) is 9.51. The van der Waals surface area contributed by atoms with E-state index in [1.54, 1.807) is 16.2 Å². The lowest BCUT2D eigenvalue weighted by Crippen LogP contribution is -2.47. The number of hydrogen-bond acceptors (Lipinski definition) is 6. The van der Waals surface area contributed by atoms with Crippen LogP contribution in [0.15, 0.2) is 40.4 Å². The third-order valence-corrected chi connectivity index (χ3v) is 7.13. The second-order valence-electron chi connectivity index (χ2n) is 8.96. The molecule has 2 atom stereocenters. The number of likely N-dealkylation sites (tertiary alicyclic amines) is 1. The van der Waals surface area contributed by atoms with Crippen molar-refractivity contribution in [3.63, 3.8) is 0 Å². The zero-order chi connectivity index (χ0) is 23.5. The van der Waals surface area contributed by atoms with Gasteiger partial charge in [0.15, 0.2) is 0 Å². The van der Waals surface area contributed by atoms with Gasteiger partial charge in [0, 0.05) is 19.2 Å². The number of nitrogens with zero attached hydrogens (tertiary/aromatic N) is 3. The fourth-order valence-corrected chi connectivity index (χ4v) is 5.22. The highest BCUT2D eigenvalue weighted by Gasteiger charge is 2.39. The lowest BCUT2D eigenvalue weighted by Gasteiger charge is -2.28. The van der Waals surface area contributed by atoms with Crippen molar-refractivity contribution in [1.82, 2.24) is 20.4 Å². The first kappa shape index (κ1) is 23.2. The van der Waals surface area contributed by atoms with Gasteiger partial charge >= 0.3 is 0 Å². The second kappa shape index (κ2) is 9.87. The van der Waals surface area contributed by atoms with Crippen LogP contribution in [-0.4, -0.2) is 39.4 Å². The fourth-order valence-electron chi connectivity index (χ4n) is 4.41. The third kappa shape index (κ3) is 5.00. The molecule has 3 aromatic rings. The molecule has 0 radical (unpaired) electrons. The number of thiazole rings is 1. The minimum absolute atomic E-state index is 0.0369. The number of carbonyl (C=O) groups is 2. The molecule has 1 N–H and O–H groups in total. The Hall–Kier alpha value is -3.00. The molecule has 7 nitrogen and oxygen atoms in total. The van der Waals surface area contributed by atoms with Crippen LogP contribution in [0.5, 0.6) is 0 Å². The average molecular weight is 467 g/mol. The van der Waals surface area contributed by atoms with E-state index in [-0.39, 0.29) is 17.7 Å². The van der Waals surface area contributed by atoms with Crippen LogP contribution in [0.2, 0.25) is 0 Å². The number of carbonyl (C=O) groups excluding carboxylic acids is 2. The van der Waals surface area contributed by atoms with E-state index in [2.05, 4.69) is 27.6 Å². The predicted molar refractivity (Wildman–Crippen MR) is 128 cm³/mol. The quantitative estimate of drug-likeness (QED) is 0.555. The maximum absolute atomic E-state index is 13.4. The second-order valence-corrected chi connectivity index (χ2v) is 9.82. The average Bonchev–Trinajstić information content (AvgIpc) is 3.53. The molecular formula is C25H30N4O3S. The molecule has 4 rings (SSSR count). The van der Waals surface area contributed by atoms with Gasteiger partial charge in [-0.25, -0.2) is 4.98 Å². The summed E-state index contributed by atoms with van der Waals surface area (Å²) in [5.41, 5.74) is 5.76. The summed E-state index contributed by atoms with van der Waals surface area (Å²) in [5, 5.41) is 6.97. The summed E-state index contributed by atoms with van der Waals surface area (Å²) < 4.78 is 5.41. The number of aromatic nitrogens is 2. The molecule has 1 fully saturated rings. The first-order valence-corrected chi connectivity index (χ1v) is 12.2. The largest absolute Gasteiger partial charge is 0.360 e. The van der Waals surface area contributed by atoms with Gasteiger partial charge in [-0.2, -0.15) is 0 Å². The van der Waals surface area contributed by atoms with Crippen molar-refractivity contribution in [1.29, 1.82) is 0 Å². The molecule has 1 saturated heterocycles. The number of aryl methyl sites for hydroxylation is 2. The van der Waals surface area contributed by atoms with E-state index in [0.29, 0.717) is 25.3 Å². The molecule has 8 heteroatoms. The van der Waals surface area contributed by atoms with Gasteiger partial charge in [0.05, 0.1) is 21.8 Å². The molecule has 0 saturated carbocycles. The van der Waals surface area contributed by atoms with Crippen LogP contribution in [0.3, 0.4) is 0 Å². The topological polar surface area (TPSA) is 88.3 Å². The molecule has 0 spiro atoms. The monoisotopic (exact) mass is 466 g/mol. The summed E-state index contributed by atoms with van der Waals surface area (Å²) in [4.78, 5) is 33.6. The van der Waals surface area contributed by atoms with Crippen LogP contribution in [0, 0.1) is 19.8 Å². The smallest absolute Gasteiger partial charge is 0.243 e. The Bertz CT molecular complexity index is 1120. The van der Waals surface area contributed by atoms with Crippen LogP contribution >= 0.6 is 11.3 Å². The molecule has 33 heavy (non-hydrogen) atoms. The highest BCUT2D eigenvalue weighted by molar-refractivity contribution is 7.13. The van der Waals surface area contributed by atoms with Crippen molar-refractivity contribution in [3.05, 3.63) is 58.6 Å². The van der Waals surface area contributed by atoms with Crippen molar-refractivity contribution in [3.8, 4) is 10.4 Å². The van der Waals surface area contributed by atoms with E-state index < -0.39 is 12.0 Å². The first-order valence-electron chi connectivity index (χ1n) is 11.4. The van der Waals surface area contributed by atoms with E-state index >= 15 is 0 Å². The lowest BCUT2D eigenvalue weighted by molar-refractivity contribution is -0.140. The van der Waals surface area contributed by atoms with E-state index in [9.17, 15) is 9.59 Å². The van der Waals surface area contributed by atoms with Gasteiger partial charge in [0.2, 0.25) is 11.8 Å². The molecular weight excluding hydrogens is 436 g/mol. The Kier molecular flexibility index (Phi) is 6.93. The van der Waals surface area contributed by atoms with Crippen molar-refractivity contribution in [2.75, 3.05) is 6.54 Å². The zero-order valence-corrected chi connectivity index (χ0v) is 20.3. The summed E-state index contributed by atoms with van der Waals surface area (Å²) in [6.45, 7) is 8.82. The number of rotatable bonds is 7. The molecule has 0 aliphatic carbocycles. The molecule has 1 aliphatic rings. The molecule has 174 valence electrons. The minimum atomic E-state index is -0.457. The SMILES string of the molecule is Cc1cc(C(C(=O)N2CCC[C@H]2C(=O)NCc2ccc(-c3scnc3C)cc2)C(C)C)on1. The Labute approximate surface area is 198 Å². The molecule has 0 bridgehead atoms. The van der Waals surface area contributed by atoms with Crippen LogP contribution in [-0.2, 0) is 16.1 Å². The number of hydrogen-bond donors (Lipinski definition) is 1. The van der Waals surface area contributed by atoms with Crippen LogP contribution in [0.1, 0.15) is 55.3 Å². The van der Waals surface area contributed by atoms with E-state index in [1.807, 2.05) is 51.4 Å². The standard InChI is InChI=1S/C25H30N4O3S/c1-15(2)22(21-12-16(3)28-32-21)25(31)29-11-5-6-20(29)24(30)26-13-18-7-9-19(10-8-18)23-17(4)27-14-33-23/h7-10,12,14-15,20,22H,5-6,11,13H2,1-4H3,(H,26,30)/t20-,22?/m0/s1. The maximum atomic E-state index is 13.4. The van der Waals surface area contributed by atoms with Crippen LogP contribution in [0.4, 0.5) is 0 Å². The fraction of sp³-hybridized carbons (Fsp3) is 0.440. The Morgan fingerprint density at radius 3 is 2.61 bits per heavy atom. The summed E-state index contributed by atoms with van der Waals surface area (Å²) >= 11 is 1.62. The van der Waals surface area contributed by atoms with Gasteiger partial charge in [-0.3, -0.25) is 9.59 Å². The molecule has 1 aromatic carbocycles. The zero-order valence-electron chi connectivity index (χ0n) is 19.5. The van der Waals surface area contributed by atoms with Gasteiger partial charge in [0.1, 0.15) is 17.7 Å². The van der Waals surface area contributed by atoms with Crippen molar-refractivity contribution >= 4 is 23.2 Å². The van der Waals surface area contributed by atoms with E-state index in [0.717, 1.165) is 33.8 Å². The third-order valence-electron chi connectivity index (χ3n) is 6.15. The Morgan fingerprint density at radius 2 is 2.00 bits per heavy atom. The summed E-state index contributed by atoms with van der Waals surface area (Å²) in [5.74, 6) is -0.0189. The number of benzene rings is 1. The maximum Gasteiger partial charge on any atom is 0.243 e. The van der Waals surface area contributed by atoms with Crippen molar-refractivity contribution < 1.29 is 14.1 Å².